The van der Waals surface area contributed by atoms with E-state index >= 15 is 0 Å². The second-order valence-electron chi connectivity index (χ2n) is 6.26. The third-order valence-electron chi connectivity index (χ3n) is 4.72. The molecule has 23 heavy (non-hydrogen) atoms. The summed E-state index contributed by atoms with van der Waals surface area (Å²) in [5, 5.41) is 0. The number of allylic oxidation sites excluding steroid dienone is 2. The van der Waals surface area contributed by atoms with Crippen LogP contribution in [0.25, 0.3) is 0 Å². The molecule has 0 spiro atoms. The van der Waals surface area contributed by atoms with E-state index in [1.54, 1.807) is 0 Å². The molecule has 2 heterocycles. The Labute approximate surface area is 143 Å². The van der Waals surface area contributed by atoms with Crippen LogP contribution < -0.4 is 0 Å². The van der Waals surface area contributed by atoms with Gasteiger partial charge in [-0.3, -0.25) is 9.69 Å². The topological polar surface area (TPSA) is 26.8 Å². The first-order valence-electron chi connectivity index (χ1n) is 8.23. The fourth-order valence-electron chi connectivity index (χ4n) is 3.02. The molecule has 0 N–H and O–H groups in total. The molecule has 1 saturated heterocycles. The molecule has 4 nitrogen and oxygen atoms in total. The molecule has 3 rings (SSSR count). The monoisotopic (exact) mass is 331 g/mol. The summed E-state index contributed by atoms with van der Waals surface area (Å²) in [6, 6.07) is 10.6. The summed E-state index contributed by atoms with van der Waals surface area (Å²) in [6.07, 6.45) is 0. The Morgan fingerprint density at radius 1 is 1.09 bits per heavy atom. The van der Waals surface area contributed by atoms with Gasteiger partial charge < -0.3 is 9.80 Å². The Kier molecular flexibility index (Phi) is 5.28. The second-order valence-corrected chi connectivity index (χ2v) is 7.41. The van der Waals surface area contributed by atoms with Gasteiger partial charge in [0, 0.05) is 43.3 Å². The lowest BCUT2D eigenvalue weighted by atomic mass is 10.2. The molecule has 124 valence electrons. The number of piperazine rings is 1. The Hall–Kier alpha value is -1.46. The number of carbonyl (C=O) groups excluding carboxylic acids is 1. The first-order valence-corrected chi connectivity index (χ1v) is 9.21. The molecular weight excluding hydrogens is 306 g/mol. The third kappa shape index (κ3) is 4.09. The number of hydrogen-bond acceptors (Lipinski definition) is 4. The number of hydrogen-bond donors (Lipinski definition) is 0. The summed E-state index contributed by atoms with van der Waals surface area (Å²) in [5.41, 5.74) is 2.60. The van der Waals surface area contributed by atoms with Gasteiger partial charge in [0.25, 0.3) is 0 Å². The Morgan fingerprint density at radius 2 is 1.78 bits per heavy atom. The number of benzene rings is 1. The smallest absolute Gasteiger partial charge is 0.242 e. The van der Waals surface area contributed by atoms with Crippen LogP contribution in [-0.2, 0) is 11.3 Å². The van der Waals surface area contributed by atoms with Crippen LogP contribution in [0.5, 0.6) is 0 Å². The largest absolute Gasteiger partial charge is 0.356 e. The van der Waals surface area contributed by atoms with E-state index in [1.807, 2.05) is 16.7 Å². The van der Waals surface area contributed by atoms with Crippen LogP contribution >= 0.6 is 11.8 Å². The van der Waals surface area contributed by atoms with Gasteiger partial charge in [-0.2, -0.15) is 0 Å². The minimum atomic E-state index is 0.263. The van der Waals surface area contributed by atoms with Gasteiger partial charge in [0.05, 0.1) is 12.4 Å². The van der Waals surface area contributed by atoms with Crippen molar-refractivity contribution >= 4 is 17.7 Å². The second kappa shape index (κ2) is 7.41. The maximum absolute atomic E-state index is 12.5. The van der Waals surface area contributed by atoms with Crippen LogP contribution in [0.2, 0.25) is 0 Å². The van der Waals surface area contributed by atoms with E-state index in [0.717, 1.165) is 38.6 Å². The average Bonchev–Trinajstić information content (AvgIpc) is 2.88. The molecular formula is C18H25N3OS. The normalized spacial score (nSPS) is 19.6. The average molecular weight is 331 g/mol. The maximum atomic E-state index is 12.5. The minimum Gasteiger partial charge on any atom is -0.356 e. The molecule has 1 amide bonds. The molecule has 1 aromatic rings. The van der Waals surface area contributed by atoms with E-state index in [2.05, 4.69) is 54.0 Å². The molecule has 2 aliphatic rings. The van der Waals surface area contributed by atoms with Crippen molar-refractivity contribution in [2.45, 2.75) is 20.4 Å². The zero-order chi connectivity index (χ0) is 16.2. The summed E-state index contributed by atoms with van der Waals surface area (Å²) in [4.78, 5) is 20.5. The van der Waals surface area contributed by atoms with Crippen LogP contribution in [-0.4, -0.2) is 59.2 Å². The van der Waals surface area contributed by atoms with Gasteiger partial charge in [-0.25, -0.2) is 0 Å². The van der Waals surface area contributed by atoms with Gasteiger partial charge in [0.15, 0.2) is 0 Å². The zero-order valence-corrected chi connectivity index (χ0v) is 14.8. The van der Waals surface area contributed by atoms with Crippen molar-refractivity contribution in [2.75, 3.05) is 38.6 Å². The van der Waals surface area contributed by atoms with E-state index in [9.17, 15) is 4.79 Å². The summed E-state index contributed by atoms with van der Waals surface area (Å²) >= 11 is 1.83. The Balaban J connectivity index is 1.46. The lowest BCUT2D eigenvalue weighted by Crippen LogP contribution is -2.50. The first-order chi connectivity index (χ1) is 11.1. The fourth-order valence-corrected chi connectivity index (χ4v) is 4.00. The van der Waals surface area contributed by atoms with Crippen LogP contribution in [0.4, 0.5) is 0 Å². The van der Waals surface area contributed by atoms with Crippen molar-refractivity contribution in [3.63, 3.8) is 0 Å². The fraction of sp³-hybridized carbons (Fsp3) is 0.500. The van der Waals surface area contributed by atoms with Gasteiger partial charge in [-0.05, 0) is 19.4 Å². The number of thioether (sulfide) groups is 1. The van der Waals surface area contributed by atoms with Crippen LogP contribution in [0.1, 0.15) is 19.4 Å². The molecule has 0 atom stereocenters. The quantitative estimate of drug-likeness (QED) is 0.847. The van der Waals surface area contributed by atoms with E-state index in [0.29, 0.717) is 6.54 Å². The number of carbonyl (C=O) groups is 1. The molecule has 0 unspecified atom stereocenters. The summed E-state index contributed by atoms with van der Waals surface area (Å²) in [6.45, 7) is 9.35. The highest BCUT2D eigenvalue weighted by Gasteiger charge is 2.25. The number of amides is 1. The molecule has 0 aromatic heterocycles. The zero-order valence-electron chi connectivity index (χ0n) is 14.0. The molecule has 0 aliphatic carbocycles. The van der Waals surface area contributed by atoms with E-state index in [1.165, 1.54) is 16.2 Å². The van der Waals surface area contributed by atoms with Crippen molar-refractivity contribution in [2.24, 2.45) is 0 Å². The lowest BCUT2D eigenvalue weighted by molar-refractivity contribution is -0.133. The molecule has 0 saturated carbocycles. The van der Waals surface area contributed by atoms with E-state index in [-0.39, 0.29) is 5.91 Å². The predicted octanol–water partition coefficient (Wildman–Crippen LogP) is 2.59. The SMILES string of the molecule is CC1=C(C)N(CC(=O)N2CCN(Cc3ccccc3)CC2)CS1. The third-order valence-corrected chi connectivity index (χ3v) is 5.89. The van der Waals surface area contributed by atoms with Crippen LogP contribution in [0, 0.1) is 0 Å². The van der Waals surface area contributed by atoms with Gasteiger partial charge in [0.2, 0.25) is 5.91 Å². The number of rotatable bonds is 4. The lowest BCUT2D eigenvalue weighted by Gasteiger charge is -2.35. The Morgan fingerprint density at radius 3 is 2.39 bits per heavy atom. The Bertz CT molecular complexity index is 579. The van der Waals surface area contributed by atoms with Crippen LogP contribution in [0.15, 0.2) is 40.9 Å². The minimum absolute atomic E-state index is 0.263. The highest BCUT2D eigenvalue weighted by atomic mass is 32.2. The molecule has 1 aromatic carbocycles. The molecule has 5 heteroatoms. The van der Waals surface area contributed by atoms with Crippen molar-refractivity contribution in [3.05, 3.63) is 46.5 Å². The van der Waals surface area contributed by atoms with Crippen molar-refractivity contribution in [1.29, 1.82) is 0 Å². The molecule has 0 bridgehead atoms. The standard InChI is InChI=1S/C18H25N3OS/c1-15-16(2)23-14-21(15)13-18(22)20-10-8-19(9-11-20)12-17-6-4-3-5-7-17/h3-7H,8-14H2,1-2H3. The van der Waals surface area contributed by atoms with Crippen molar-refractivity contribution < 1.29 is 4.79 Å². The predicted molar refractivity (Wildman–Crippen MR) is 95.8 cm³/mol. The molecule has 1 fully saturated rings. The molecule has 2 aliphatic heterocycles. The first kappa shape index (κ1) is 16.4. The summed E-state index contributed by atoms with van der Waals surface area (Å²) in [5.74, 6) is 1.18. The number of nitrogens with zero attached hydrogens (tertiary/aromatic N) is 3. The maximum Gasteiger partial charge on any atom is 0.242 e. The van der Waals surface area contributed by atoms with Gasteiger partial charge in [0.1, 0.15) is 0 Å². The summed E-state index contributed by atoms with van der Waals surface area (Å²) < 4.78 is 0. The van der Waals surface area contributed by atoms with Gasteiger partial charge in [-0.15, -0.1) is 11.8 Å². The van der Waals surface area contributed by atoms with Gasteiger partial charge >= 0.3 is 0 Å². The van der Waals surface area contributed by atoms with Crippen molar-refractivity contribution in [3.8, 4) is 0 Å². The molecule has 0 radical (unpaired) electrons. The van der Waals surface area contributed by atoms with Crippen LogP contribution in [0.3, 0.4) is 0 Å². The summed E-state index contributed by atoms with van der Waals surface area (Å²) in [7, 11) is 0. The highest BCUT2D eigenvalue weighted by Crippen LogP contribution is 2.30. The highest BCUT2D eigenvalue weighted by molar-refractivity contribution is 8.03. The van der Waals surface area contributed by atoms with Crippen molar-refractivity contribution in [1.82, 2.24) is 14.7 Å². The van der Waals surface area contributed by atoms with E-state index in [4.69, 9.17) is 0 Å². The van der Waals surface area contributed by atoms with E-state index < -0.39 is 0 Å². The van der Waals surface area contributed by atoms with Gasteiger partial charge in [-0.1, -0.05) is 30.3 Å².